The van der Waals surface area contributed by atoms with Crippen LogP contribution in [0.25, 0.3) is 0 Å². The number of hydrogen-bond donors (Lipinski definition) is 0. The largest absolute Gasteiger partial charge is 0.306 e. The highest BCUT2D eigenvalue weighted by Gasteiger charge is 2.27. The van der Waals surface area contributed by atoms with Crippen LogP contribution in [0.2, 0.25) is 20.2 Å². The summed E-state index contributed by atoms with van der Waals surface area (Å²) in [5.74, 6) is 0.592. The highest BCUT2D eigenvalue weighted by Crippen LogP contribution is 2.38. The molecule has 0 aliphatic carbocycles. The molecule has 0 atom stereocenters. The Labute approximate surface area is 157 Å². The summed E-state index contributed by atoms with van der Waals surface area (Å²) in [5, 5.41) is 0.0539. The van der Waals surface area contributed by atoms with Crippen LogP contribution in [0.3, 0.4) is 0 Å². The number of thioether (sulfide) groups is 1. The monoisotopic (exact) mass is 406 g/mol. The molecule has 0 unspecified atom stereocenters. The van der Waals surface area contributed by atoms with Crippen molar-refractivity contribution in [3.63, 3.8) is 0 Å². The zero-order chi connectivity index (χ0) is 16.6. The van der Waals surface area contributed by atoms with Gasteiger partial charge >= 0.3 is 0 Å². The van der Waals surface area contributed by atoms with Gasteiger partial charge < -0.3 is 4.90 Å². The summed E-state index contributed by atoms with van der Waals surface area (Å²) < 4.78 is 0. The van der Waals surface area contributed by atoms with Crippen LogP contribution < -0.4 is 4.90 Å². The molecule has 3 nitrogen and oxygen atoms in total. The molecule has 0 spiro atoms. The number of aromatic nitrogens is 1. The first kappa shape index (κ1) is 17.2. The lowest BCUT2D eigenvalue weighted by Crippen LogP contribution is -2.32. The van der Waals surface area contributed by atoms with Gasteiger partial charge in [-0.2, -0.15) is 0 Å². The predicted octanol–water partition coefficient (Wildman–Crippen LogP) is 5.84. The minimum Gasteiger partial charge on any atom is -0.306 e. The Morgan fingerprint density at radius 3 is 2.61 bits per heavy atom. The molecule has 120 valence electrons. The fourth-order valence-corrected chi connectivity index (χ4v) is 4.10. The van der Waals surface area contributed by atoms with Crippen molar-refractivity contribution in [2.45, 2.75) is 11.3 Å². The van der Waals surface area contributed by atoms with Crippen LogP contribution >= 0.6 is 58.2 Å². The first-order valence-corrected chi connectivity index (χ1v) is 9.24. The fraction of sp³-hybridized carbons (Fsp3) is 0.200. The van der Waals surface area contributed by atoms with Crippen LogP contribution in [-0.4, -0.2) is 23.2 Å². The molecule has 2 heterocycles. The normalized spacial score (nSPS) is 14.3. The van der Waals surface area contributed by atoms with Crippen molar-refractivity contribution in [2.75, 3.05) is 17.2 Å². The standard InChI is InChI=1S/C15H10Cl4N2OS/c16-10-11(17)13(20-14(19)12(10)18)15(22)21-6-3-7-23-9-5-2-1-4-8(9)21/h1-2,4-5H,3,6-7H2. The van der Waals surface area contributed by atoms with E-state index in [1.807, 2.05) is 24.3 Å². The first-order chi connectivity index (χ1) is 11.0. The Bertz CT molecular complexity index is 784. The Kier molecular flexibility index (Phi) is 5.29. The number of carbonyl (C=O) groups excluding carboxylic acids is 1. The summed E-state index contributed by atoms with van der Waals surface area (Å²) >= 11 is 25.8. The maximum absolute atomic E-state index is 13.0. The molecule has 0 saturated heterocycles. The van der Waals surface area contributed by atoms with Crippen LogP contribution in [-0.2, 0) is 0 Å². The van der Waals surface area contributed by atoms with Crippen LogP contribution in [0, 0.1) is 0 Å². The van der Waals surface area contributed by atoms with Crippen LogP contribution in [0.5, 0.6) is 0 Å². The summed E-state index contributed by atoms with van der Waals surface area (Å²) in [7, 11) is 0. The van der Waals surface area contributed by atoms with Crippen molar-refractivity contribution in [1.82, 2.24) is 4.98 Å². The molecule has 0 fully saturated rings. The molecule has 1 aliphatic heterocycles. The van der Waals surface area contributed by atoms with Crippen molar-refractivity contribution in [3.8, 4) is 0 Å². The molecular formula is C15H10Cl4N2OS. The molecule has 1 aromatic heterocycles. The molecule has 1 amide bonds. The number of halogens is 4. The van der Waals surface area contributed by atoms with Gasteiger partial charge in [0.1, 0.15) is 5.15 Å². The van der Waals surface area contributed by atoms with E-state index >= 15 is 0 Å². The smallest absolute Gasteiger partial charge is 0.278 e. The average Bonchev–Trinajstić information content (AvgIpc) is 2.78. The quantitative estimate of drug-likeness (QED) is 0.556. The third-order valence-corrected chi connectivity index (χ3v) is 6.20. The molecule has 8 heteroatoms. The fourth-order valence-electron chi connectivity index (χ4n) is 2.30. The van der Waals surface area contributed by atoms with Gasteiger partial charge in [-0.1, -0.05) is 58.5 Å². The number of para-hydroxylation sites is 1. The zero-order valence-electron chi connectivity index (χ0n) is 11.7. The molecule has 2 aromatic rings. The van der Waals surface area contributed by atoms with Gasteiger partial charge in [-0.3, -0.25) is 4.79 Å². The number of amides is 1. The third kappa shape index (κ3) is 3.28. The van der Waals surface area contributed by atoms with Gasteiger partial charge in [0, 0.05) is 11.4 Å². The van der Waals surface area contributed by atoms with Crippen molar-refractivity contribution < 1.29 is 4.79 Å². The van der Waals surface area contributed by atoms with E-state index in [1.165, 1.54) is 0 Å². The lowest BCUT2D eigenvalue weighted by molar-refractivity contribution is 0.0982. The van der Waals surface area contributed by atoms with E-state index in [1.54, 1.807) is 16.7 Å². The van der Waals surface area contributed by atoms with Gasteiger partial charge in [-0.15, -0.1) is 11.8 Å². The van der Waals surface area contributed by atoms with Crippen LogP contribution in [0.15, 0.2) is 29.2 Å². The maximum Gasteiger partial charge on any atom is 0.278 e. The number of fused-ring (bicyclic) bond motifs is 1. The Morgan fingerprint density at radius 2 is 1.83 bits per heavy atom. The van der Waals surface area contributed by atoms with E-state index in [9.17, 15) is 4.79 Å². The van der Waals surface area contributed by atoms with Crippen molar-refractivity contribution in [1.29, 1.82) is 0 Å². The number of hydrogen-bond acceptors (Lipinski definition) is 3. The van der Waals surface area contributed by atoms with E-state index in [4.69, 9.17) is 46.4 Å². The van der Waals surface area contributed by atoms with Gasteiger partial charge in [0.05, 0.1) is 20.8 Å². The van der Waals surface area contributed by atoms with E-state index in [2.05, 4.69) is 4.98 Å². The molecule has 3 rings (SSSR count). The molecule has 23 heavy (non-hydrogen) atoms. The number of nitrogens with zero attached hydrogens (tertiary/aromatic N) is 2. The van der Waals surface area contributed by atoms with Gasteiger partial charge in [-0.25, -0.2) is 4.98 Å². The molecule has 0 N–H and O–H groups in total. The van der Waals surface area contributed by atoms with E-state index in [-0.39, 0.29) is 31.8 Å². The molecule has 0 bridgehead atoms. The summed E-state index contributed by atoms with van der Waals surface area (Å²) in [6.07, 6.45) is 0.859. The summed E-state index contributed by atoms with van der Waals surface area (Å²) in [5.41, 5.74) is 0.841. The Morgan fingerprint density at radius 1 is 1.09 bits per heavy atom. The molecule has 0 radical (unpaired) electrons. The molecule has 1 aromatic carbocycles. The molecule has 1 aliphatic rings. The lowest BCUT2D eigenvalue weighted by atomic mass is 10.2. The maximum atomic E-state index is 13.0. The van der Waals surface area contributed by atoms with Gasteiger partial charge in [0.2, 0.25) is 0 Å². The Balaban J connectivity index is 2.08. The summed E-state index contributed by atoms with van der Waals surface area (Å²) in [4.78, 5) is 19.7. The van der Waals surface area contributed by atoms with Crippen LogP contribution in [0.1, 0.15) is 16.9 Å². The predicted molar refractivity (Wildman–Crippen MR) is 97.7 cm³/mol. The molecule has 0 saturated carbocycles. The average molecular weight is 408 g/mol. The number of benzene rings is 1. The van der Waals surface area contributed by atoms with Gasteiger partial charge in [0.25, 0.3) is 5.91 Å². The summed E-state index contributed by atoms with van der Waals surface area (Å²) in [6, 6.07) is 7.73. The minimum absolute atomic E-state index is 0.00719. The number of anilines is 1. The highest BCUT2D eigenvalue weighted by atomic mass is 35.5. The topological polar surface area (TPSA) is 33.2 Å². The first-order valence-electron chi connectivity index (χ1n) is 6.74. The highest BCUT2D eigenvalue weighted by molar-refractivity contribution is 7.99. The van der Waals surface area contributed by atoms with E-state index in [0.717, 1.165) is 22.8 Å². The SMILES string of the molecule is O=C(c1nc(Cl)c(Cl)c(Cl)c1Cl)N1CCCSc2ccccc21. The van der Waals surface area contributed by atoms with Crippen molar-refractivity contribution >= 4 is 69.8 Å². The number of pyridine rings is 1. The van der Waals surface area contributed by atoms with Crippen molar-refractivity contribution in [3.05, 3.63) is 50.2 Å². The van der Waals surface area contributed by atoms with E-state index < -0.39 is 0 Å². The number of carbonyl (C=O) groups is 1. The minimum atomic E-state index is -0.342. The zero-order valence-corrected chi connectivity index (χ0v) is 15.5. The lowest BCUT2D eigenvalue weighted by Gasteiger charge is -2.22. The van der Waals surface area contributed by atoms with Gasteiger partial charge in [-0.05, 0) is 24.3 Å². The van der Waals surface area contributed by atoms with E-state index in [0.29, 0.717) is 6.54 Å². The van der Waals surface area contributed by atoms with Crippen molar-refractivity contribution in [2.24, 2.45) is 0 Å². The number of rotatable bonds is 1. The van der Waals surface area contributed by atoms with Crippen LogP contribution in [0.4, 0.5) is 5.69 Å². The second-order valence-electron chi connectivity index (χ2n) is 4.82. The Hall–Kier alpha value is -0.650. The molecular weight excluding hydrogens is 398 g/mol. The summed E-state index contributed by atoms with van der Waals surface area (Å²) in [6.45, 7) is 0.568. The third-order valence-electron chi connectivity index (χ3n) is 3.37. The second-order valence-corrected chi connectivity index (χ2v) is 7.45. The second kappa shape index (κ2) is 7.08. The van der Waals surface area contributed by atoms with Gasteiger partial charge in [0.15, 0.2) is 5.69 Å².